The van der Waals surface area contributed by atoms with Gasteiger partial charge in [0.15, 0.2) is 6.29 Å². The van der Waals surface area contributed by atoms with E-state index in [0.29, 0.717) is 6.29 Å². The van der Waals surface area contributed by atoms with Gasteiger partial charge in [-0.05, 0) is 18.2 Å². The number of aldehydes is 1. The Hall–Kier alpha value is -1.50. The molecule has 1 rings (SSSR count). The molecule has 85 valence electrons. The van der Waals surface area contributed by atoms with Gasteiger partial charge in [-0.2, -0.15) is 13.2 Å². The lowest BCUT2D eigenvalue weighted by atomic mass is 10.1. The number of carbonyl (C=O) groups excluding carboxylic acids is 1. The summed E-state index contributed by atoms with van der Waals surface area (Å²) in [7, 11) is 2.53. The Kier molecular flexibility index (Phi) is 3.95. The van der Waals surface area contributed by atoms with Gasteiger partial charge < -0.3 is 9.88 Å². The second kappa shape index (κ2) is 5.02. The number of alkyl halides is 3. The maximum Gasteiger partial charge on any atom is 0.435 e. The van der Waals surface area contributed by atoms with E-state index in [4.69, 9.17) is 0 Å². The van der Waals surface area contributed by atoms with E-state index in [2.05, 4.69) is 9.88 Å². The highest BCUT2D eigenvalue weighted by Gasteiger charge is 2.30. The number of nitrogens with one attached hydrogen (secondary N) is 1. The third kappa shape index (κ3) is 3.00. The molecular weight excluding hydrogens is 222 g/mol. The summed E-state index contributed by atoms with van der Waals surface area (Å²) >= 11 is 0. The molecule has 0 atom stereocenters. The number of benzene rings is 1. The van der Waals surface area contributed by atoms with E-state index < -0.39 is 11.7 Å². The Labute approximate surface area is 90.9 Å². The van der Waals surface area contributed by atoms with Gasteiger partial charge >= 0.3 is 13.8 Å². The molecule has 0 unspecified atom stereocenters. The van der Waals surface area contributed by atoms with Crippen molar-refractivity contribution in [1.82, 2.24) is 0 Å². The van der Waals surface area contributed by atoms with Crippen LogP contribution in [0.25, 0.3) is 0 Å². The fourth-order valence-electron chi connectivity index (χ4n) is 1.09. The highest BCUT2D eigenvalue weighted by atomic mass is 19.4. The van der Waals surface area contributed by atoms with Crippen LogP contribution in [0, 0.1) is 0 Å². The Bertz CT molecular complexity index is 382. The predicted octanol–water partition coefficient (Wildman–Crippen LogP) is 2.11. The molecule has 1 radical (unpaired) electrons. The van der Waals surface area contributed by atoms with Crippen LogP contribution in [0.1, 0.15) is 15.9 Å². The molecule has 0 fully saturated rings. The molecule has 7 heteroatoms. The van der Waals surface area contributed by atoms with Crippen LogP contribution in [0.2, 0.25) is 0 Å². The molecule has 0 saturated heterocycles. The molecule has 1 aromatic carbocycles. The zero-order chi connectivity index (χ0) is 12.2. The first-order chi connectivity index (χ1) is 7.49. The summed E-state index contributed by atoms with van der Waals surface area (Å²) in [5, 5.41) is 2.55. The minimum Gasteiger partial charge on any atom is -0.422 e. The Morgan fingerprint density at radius 3 is 2.62 bits per heavy atom. The van der Waals surface area contributed by atoms with E-state index in [9.17, 15) is 18.0 Å². The van der Waals surface area contributed by atoms with Crippen molar-refractivity contribution in [3.05, 3.63) is 29.3 Å². The Balaban J connectivity index is 3.02. The molecule has 0 heterocycles. The molecule has 3 nitrogen and oxygen atoms in total. The van der Waals surface area contributed by atoms with Gasteiger partial charge in [-0.15, -0.1) is 0 Å². The number of anilines is 1. The first-order valence-corrected chi connectivity index (χ1v) is 4.26. The van der Waals surface area contributed by atoms with Crippen molar-refractivity contribution in [3.8, 4) is 0 Å². The predicted molar refractivity (Wildman–Crippen MR) is 53.2 cm³/mol. The lowest BCUT2D eigenvalue weighted by Gasteiger charge is -2.10. The van der Waals surface area contributed by atoms with Gasteiger partial charge in [0.1, 0.15) is 0 Å². The maximum atomic E-state index is 12.3. The van der Waals surface area contributed by atoms with Crippen LogP contribution in [0.15, 0.2) is 18.2 Å². The van der Waals surface area contributed by atoms with Crippen LogP contribution in [-0.2, 0) is 10.8 Å². The molecule has 0 aliphatic rings. The van der Waals surface area contributed by atoms with Crippen LogP contribution in [-0.4, -0.2) is 21.0 Å². The van der Waals surface area contributed by atoms with Crippen molar-refractivity contribution in [3.63, 3.8) is 0 Å². The number of carbonyl (C=O) groups is 1. The van der Waals surface area contributed by atoms with Crippen LogP contribution in [0.3, 0.4) is 0 Å². The highest BCUT2D eigenvalue weighted by Crippen LogP contribution is 2.31. The molecule has 1 aromatic rings. The van der Waals surface area contributed by atoms with Gasteiger partial charge in [0.25, 0.3) is 0 Å². The fraction of sp³-hybridized carbons (Fsp3) is 0.222. The topological polar surface area (TPSA) is 38.3 Å². The monoisotopic (exact) mass is 230 g/mol. The first kappa shape index (κ1) is 12.6. The summed E-state index contributed by atoms with van der Waals surface area (Å²) in [6.07, 6.45) is -4.11. The molecule has 0 saturated carbocycles. The second-order valence-electron chi connectivity index (χ2n) is 2.92. The average molecular weight is 230 g/mol. The van der Waals surface area contributed by atoms with E-state index >= 15 is 0 Å². The van der Waals surface area contributed by atoms with Crippen LogP contribution in [0.5, 0.6) is 0 Å². The summed E-state index contributed by atoms with van der Waals surface area (Å²) in [4.78, 5) is 10.6. The molecule has 0 aliphatic heterocycles. The number of hydrogen-bond acceptors (Lipinski definition) is 3. The van der Waals surface area contributed by atoms with Crippen LogP contribution >= 0.6 is 0 Å². The second-order valence-corrected chi connectivity index (χ2v) is 2.92. The lowest BCUT2D eigenvalue weighted by molar-refractivity contribution is -0.137. The van der Waals surface area contributed by atoms with Crippen molar-refractivity contribution >= 4 is 19.6 Å². The van der Waals surface area contributed by atoms with Crippen molar-refractivity contribution < 1.29 is 22.6 Å². The summed E-state index contributed by atoms with van der Waals surface area (Å²) in [5.41, 5.74) is -0.689. The van der Waals surface area contributed by atoms with Crippen molar-refractivity contribution in [2.24, 2.45) is 0 Å². The normalized spacial score (nSPS) is 11.0. The van der Waals surface area contributed by atoms with Gasteiger partial charge in [0, 0.05) is 18.4 Å². The zero-order valence-corrected chi connectivity index (χ0v) is 8.34. The molecule has 0 bridgehead atoms. The zero-order valence-electron chi connectivity index (χ0n) is 8.34. The smallest absolute Gasteiger partial charge is 0.422 e. The van der Waals surface area contributed by atoms with Crippen LogP contribution < -0.4 is 5.23 Å². The highest BCUT2D eigenvalue weighted by molar-refractivity contribution is 6.33. The Morgan fingerprint density at radius 2 is 2.12 bits per heavy atom. The average Bonchev–Trinajstić information content (AvgIpc) is 2.24. The molecule has 16 heavy (non-hydrogen) atoms. The molecule has 0 aromatic heterocycles. The maximum absolute atomic E-state index is 12.3. The largest absolute Gasteiger partial charge is 0.435 e. The summed E-state index contributed by atoms with van der Waals surface area (Å²) in [5.74, 6) is 0. The van der Waals surface area contributed by atoms with Gasteiger partial charge in [0.2, 0.25) is 0 Å². The van der Waals surface area contributed by atoms with Gasteiger partial charge in [0.05, 0.1) is 5.56 Å². The number of halogens is 3. The van der Waals surface area contributed by atoms with Gasteiger partial charge in [-0.3, -0.25) is 4.79 Å². The molecule has 0 aliphatic carbocycles. The molecular formula is C9H8BF3NO2. The van der Waals surface area contributed by atoms with E-state index in [1.165, 1.54) is 13.2 Å². The van der Waals surface area contributed by atoms with Gasteiger partial charge in [-0.25, -0.2) is 0 Å². The summed E-state index contributed by atoms with van der Waals surface area (Å²) < 4.78 is 41.5. The van der Waals surface area contributed by atoms with E-state index in [-0.39, 0.29) is 11.3 Å². The summed E-state index contributed by atoms with van der Waals surface area (Å²) in [6.45, 7) is 0. The molecule has 1 N–H and O–H groups in total. The Morgan fingerprint density at radius 1 is 1.44 bits per heavy atom. The third-order valence-electron chi connectivity index (χ3n) is 1.84. The van der Waals surface area contributed by atoms with Gasteiger partial charge in [-0.1, -0.05) is 0 Å². The number of hydrogen-bond donors (Lipinski definition) is 1. The van der Waals surface area contributed by atoms with Crippen LogP contribution in [0.4, 0.5) is 18.9 Å². The van der Waals surface area contributed by atoms with Crippen molar-refractivity contribution in [2.45, 2.75) is 6.18 Å². The van der Waals surface area contributed by atoms with Crippen molar-refractivity contribution in [2.75, 3.05) is 12.3 Å². The van der Waals surface area contributed by atoms with E-state index in [1.54, 1.807) is 0 Å². The summed E-state index contributed by atoms with van der Waals surface area (Å²) in [6, 6.07) is 2.83. The minimum atomic E-state index is -4.46. The number of rotatable bonds is 4. The molecule has 0 amide bonds. The first-order valence-electron chi connectivity index (χ1n) is 4.26. The standard InChI is InChI=1S/C9H8BF3NO2/c1-16-10-14-8-3-2-7(9(11,12)13)4-6(8)5-15/h2-5,14H,1H3. The SMILES string of the molecule is CO[B]Nc1ccc(C(F)(F)F)cc1C=O. The minimum absolute atomic E-state index is 0.0804. The molecule has 0 spiro atoms. The van der Waals surface area contributed by atoms with E-state index in [0.717, 1.165) is 19.7 Å². The van der Waals surface area contributed by atoms with Crippen molar-refractivity contribution in [1.29, 1.82) is 0 Å². The third-order valence-corrected chi connectivity index (χ3v) is 1.84. The van der Waals surface area contributed by atoms with E-state index in [1.807, 2.05) is 0 Å². The lowest BCUT2D eigenvalue weighted by Crippen LogP contribution is -2.11. The quantitative estimate of drug-likeness (QED) is 0.635. The fourth-order valence-corrected chi connectivity index (χ4v) is 1.09.